The lowest BCUT2D eigenvalue weighted by Gasteiger charge is -2.24. The summed E-state index contributed by atoms with van der Waals surface area (Å²) in [5.74, 6) is 1.79. The molecule has 0 heterocycles. The Labute approximate surface area is 212 Å². The third kappa shape index (κ3) is 11.6. The highest BCUT2D eigenvalue weighted by molar-refractivity contribution is 7.80. The Morgan fingerprint density at radius 1 is 1.06 bits per heavy atom. The minimum atomic E-state index is -0.0314. The maximum Gasteiger partial charge on any atom is 0.234 e. The Morgan fingerprint density at radius 3 is 2.33 bits per heavy atom. The first-order valence-electron chi connectivity index (χ1n) is 12.2. The number of nitrogens with one attached hydrogen (secondary N) is 1. The van der Waals surface area contributed by atoms with Crippen LogP contribution in [-0.2, 0) is 9.59 Å². The zero-order valence-corrected chi connectivity index (χ0v) is 22.6. The lowest BCUT2D eigenvalue weighted by atomic mass is 9.80. The Kier molecular flexibility index (Phi) is 15.5. The van der Waals surface area contributed by atoms with E-state index in [9.17, 15) is 9.59 Å². The molecule has 1 aromatic carbocycles. The monoisotopic (exact) mass is 493 g/mol. The molecule has 0 aliphatic heterocycles. The standard InChI is InChI=1S/C26H43N3O2S2/c1-5-23(27-12-7-14-29(15-17-33)19-26(31)28-13-16-32)18-24(21(4)25(30)6-2)22-10-8-20(3)9-11-22/h8-11,21,24,32-33H,5-7,12-19H2,1-4H3,(H,28,31). The number of amides is 1. The number of hydrogen-bond donors (Lipinski definition) is 3. The van der Waals surface area contributed by atoms with Crippen molar-refractivity contribution in [3.63, 3.8) is 0 Å². The van der Waals surface area contributed by atoms with Crippen LogP contribution < -0.4 is 5.32 Å². The van der Waals surface area contributed by atoms with Crippen LogP contribution in [0, 0.1) is 12.8 Å². The molecule has 1 amide bonds. The smallest absolute Gasteiger partial charge is 0.234 e. The molecule has 1 aromatic rings. The number of benzene rings is 1. The summed E-state index contributed by atoms with van der Waals surface area (Å²) in [7, 11) is 0. The molecular weight excluding hydrogens is 450 g/mol. The number of aliphatic imine (C=N–C) groups is 1. The van der Waals surface area contributed by atoms with Crippen LogP contribution in [0.2, 0.25) is 0 Å². The SMILES string of the molecule is CCC(=O)C(C)C(CC(CC)=NCCCN(CCS)CC(=O)NCCS)c1ccc(C)cc1. The second kappa shape index (κ2) is 17.2. The average Bonchev–Trinajstić information content (AvgIpc) is 2.82. The van der Waals surface area contributed by atoms with E-state index in [2.05, 4.69) is 80.5 Å². The van der Waals surface area contributed by atoms with Crippen molar-refractivity contribution in [1.29, 1.82) is 0 Å². The molecule has 0 spiro atoms. The van der Waals surface area contributed by atoms with Crippen molar-refractivity contribution >= 4 is 42.7 Å². The number of thiol groups is 2. The van der Waals surface area contributed by atoms with Gasteiger partial charge in [0.05, 0.1) is 6.54 Å². The lowest BCUT2D eigenvalue weighted by Crippen LogP contribution is -2.39. The van der Waals surface area contributed by atoms with E-state index in [1.807, 2.05) is 6.92 Å². The van der Waals surface area contributed by atoms with Crippen molar-refractivity contribution in [3.8, 4) is 0 Å². The predicted octanol–water partition coefficient (Wildman–Crippen LogP) is 4.60. The van der Waals surface area contributed by atoms with Crippen LogP contribution in [0.1, 0.15) is 63.5 Å². The van der Waals surface area contributed by atoms with Crippen LogP contribution in [0.15, 0.2) is 29.3 Å². The molecule has 0 bridgehead atoms. The quantitative estimate of drug-likeness (QED) is 0.169. The van der Waals surface area contributed by atoms with Gasteiger partial charge in [-0.1, -0.05) is 50.6 Å². The molecule has 1 rings (SSSR count). The predicted molar refractivity (Wildman–Crippen MR) is 147 cm³/mol. The van der Waals surface area contributed by atoms with Gasteiger partial charge in [0.2, 0.25) is 5.91 Å². The lowest BCUT2D eigenvalue weighted by molar-refractivity contribution is -0.123. The van der Waals surface area contributed by atoms with Gasteiger partial charge in [-0.2, -0.15) is 25.3 Å². The maximum atomic E-state index is 12.5. The Bertz CT molecular complexity index is 738. The van der Waals surface area contributed by atoms with Crippen LogP contribution in [0.4, 0.5) is 0 Å². The highest BCUT2D eigenvalue weighted by Crippen LogP contribution is 2.31. The van der Waals surface area contributed by atoms with E-state index in [0.29, 0.717) is 36.8 Å². The number of aryl methyl sites for hydroxylation is 1. The second-order valence-electron chi connectivity index (χ2n) is 8.56. The Balaban J connectivity index is 2.77. The molecule has 2 unspecified atom stereocenters. The first kappa shape index (κ1) is 29.7. The summed E-state index contributed by atoms with van der Waals surface area (Å²) >= 11 is 8.46. The number of Topliss-reactive ketones (excluding diaryl/α,β-unsaturated/α-hetero) is 1. The summed E-state index contributed by atoms with van der Waals surface area (Å²) in [6, 6.07) is 8.55. The maximum absolute atomic E-state index is 12.5. The van der Waals surface area contributed by atoms with Crippen molar-refractivity contribution in [3.05, 3.63) is 35.4 Å². The van der Waals surface area contributed by atoms with Gasteiger partial charge < -0.3 is 5.32 Å². The number of hydrogen-bond acceptors (Lipinski definition) is 6. The van der Waals surface area contributed by atoms with Crippen LogP contribution in [-0.4, -0.2) is 66.5 Å². The van der Waals surface area contributed by atoms with E-state index in [1.54, 1.807) is 0 Å². The summed E-state index contributed by atoms with van der Waals surface area (Å²) in [4.78, 5) is 31.6. The molecule has 0 aromatic heterocycles. The second-order valence-corrected chi connectivity index (χ2v) is 9.45. The van der Waals surface area contributed by atoms with Crippen molar-refractivity contribution in [1.82, 2.24) is 10.2 Å². The number of nitrogens with zero attached hydrogens (tertiary/aromatic N) is 2. The molecule has 186 valence electrons. The van der Waals surface area contributed by atoms with Gasteiger partial charge in [-0.3, -0.25) is 19.5 Å². The van der Waals surface area contributed by atoms with Gasteiger partial charge in [0.1, 0.15) is 5.78 Å². The first-order valence-corrected chi connectivity index (χ1v) is 13.4. The van der Waals surface area contributed by atoms with Crippen LogP contribution >= 0.6 is 25.3 Å². The molecule has 0 aliphatic rings. The molecule has 2 atom stereocenters. The number of ketones is 1. The molecule has 33 heavy (non-hydrogen) atoms. The third-order valence-electron chi connectivity index (χ3n) is 6.01. The van der Waals surface area contributed by atoms with Gasteiger partial charge >= 0.3 is 0 Å². The Hall–Kier alpha value is -1.31. The minimum absolute atomic E-state index is 0.0269. The zero-order valence-electron chi connectivity index (χ0n) is 20.8. The topological polar surface area (TPSA) is 61.8 Å². The molecule has 0 fully saturated rings. The molecule has 1 N–H and O–H groups in total. The molecular formula is C26H43N3O2S2. The van der Waals surface area contributed by atoms with Crippen molar-refractivity contribution in [2.24, 2.45) is 10.9 Å². The van der Waals surface area contributed by atoms with E-state index in [1.165, 1.54) is 11.1 Å². The molecule has 7 heteroatoms. The van der Waals surface area contributed by atoms with Crippen LogP contribution in [0.3, 0.4) is 0 Å². The molecule has 0 saturated carbocycles. The minimum Gasteiger partial charge on any atom is -0.354 e. The highest BCUT2D eigenvalue weighted by Gasteiger charge is 2.25. The summed E-state index contributed by atoms with van der Waals surface area (Å²) < 4.78 is 0. The van der Waals surface area contributed by atoms with Gasteiger partial charge in [0, 0.05) is 55.7 Å². The molecule has 0 radical (unpaired) electrons. The average molecular weight is 494 g/mol. The summed E-state index contributed by atoms with van der Waals surface area (Å²) in [6.07, 6.45) is 3.13. The molecule has 0 saturated heterocycles. The Morgan fingerprint density at radius 2 is 1.76 bits per heavy atom. The zero-order chi connectivity index (χ0) is 24.6. The third-order valence-corrected chi connectivity index (χ3v) is 6.44. The fraction of sp³-hybridized carbons (Fsp3) is 0.654. The van der Waals surface area contributed by atoms with Gasteiger partial charge in [-0.05, 0) is 37.7 Å². The van der Waals surface area contributed by atoms with Crippen LogP contribution in [0.25, 0.3) is 0 Å². The largest absolute Gasteiger partial charge is 0.354 e. The summed E-state index contributed by atoms with van der Waals surface area (Å²) in [6.45, 7) is 11.5. The highest BCUT2D eigenvalue weighted by atomic mass is 32.1. The van der Waals surface area contributed by atoms with Crippen molar-refractivity contribution in [2.75, 3.05) is 44.2 Å². The van der Waals surface area contributed by atoms with E-state index in [-0.39, 0.29) is 17.7 Å². The number of rotatable bonds is 17. The number of carbonyl (C=O) groups excluding carboxylic acids is 2. The van der Waals surface area contributed by atoms with Gasteiger partial charge in [0.15, 0.2) is 0 Å². The van der Waals surface area contributed by atoms with E-state index >= 15 is 0 Å². The molecule has 5 nitrogen and oxygen atoms in total. The fourth-order valence-corrected chi connectivity index (χ4v) is 4.31. The van der Waals surface area contributed by atoms with Gasteiger partial charge in [-0.15, -0.1) is 0 Å². The van der Waals surface area contributed by atoms with Gasteiger partial charge in [0.25, 0.3) is 0 Å². The summed E-state index contributed by atoms with van der Waals surface area (Å²) in [5.41, 5.74) is 3.59. The van der Waals surface area contributed by atoms with E-state index < -0.39 is 0 Å². The van der Waals surface area contributed by atoms with E-state index in [0.717, 1.165) is 44.6 Å². The van der Waals surface area contributed by atoms with Crippen molar-refractivity contribution < 1.29 is 9.59 Å². The first-order chi connectivity index (χ1) is 15.9. The van der Waals surface area contributed by atoms with Crippen molar-refractivity contribution in [2.45, 2.75) is 59.3 Å². The molecule has 0 aliphatic carbocycles. The van der Waals surface area contributed by atoms with Crippen LogP contribution in [0.5, 0.6) is 0 Å². The number of carbonyl (C=O) groups is 2. The normalized spacial score (nSPS) is 13.7. The van der Waals surface area contributed by atoms with E-state index in [4.69, 9.17) is 4.99 Å². The van der Waals surface area contributed by atoms with Gasteiger partial charge in [-0.25, -0.2) is 0 Å². The fourth-order valence-electron chi connectivity index (χ4n) is 3.91. The summed E-state index contributed by atoms with van der Waals surface area (Å²) in [5, 5.41) is 2.87.